The lowest BCUT2D eigenvalue weighted by molar-refractivity contribution is 0.102. The predicted molar refractivity (Wildman–Crippen MR) is 70.1 cm³/mol. The van der Waals surface area contributed by atoms with E-state index in [9.17, 15) is 9.90 Å². The van der Waals surface area contributed by atoms with E-state index in [-0.39, 0.29) is 17.2 Å². The maximum Gasteiger partial charge on any atom is 0.261 e. The summed E-state index contributed by atoms with van der Waals surface area (Å²) in [6.07, 6.45) is 3.53. The zero-order valence-electron chi connectivity index (χ0n) is 10.1. The van der Waals surface area contributed by atoms with Gasteiger partial charge in [0.05, 0.1) is 17.5 Å². The third-order valence-electron chi connectivity index (χ3n) is 2.49. The first kappa shape index (κ1) is 12.5. The summed E-state index contributed by atoms with van der Waals surface area (Å²) in [5.74, 6) is -0.523. The minimum absolute atomic E-state index is 0.140. The highest BCUT2D eigenvalue weighted by Crippen LogP contribution is 2.24. The van der Waals surface area contributed by atoms with E-state index in [0.29, 0.717) is 5.13 Å². The number of hydrogen-bond donors (Lipinski definition) is 2. The lowest BCUT2D eigenvalue weighted by Crippen LogP contribution is -2.12. The third kappa shape index (κ3) is 2.48. The van der Waals surface area contributed by atoms with Crippen LogP contribution in [-0.4, -0.2) is 21.0 Å². The van der Waals surface area contributed by atoms with Gasteiger partial charge >= 0.3 is 0 Å². The standard InChI is InChI=1S/C12H13N3O2S/c1-3-9-7(2)18-12(14-9)15-11(17)8-4-5-13-6-10(8)16/h4-6,16H,3H2,1-2H3,(H,14,15,17). The van der Waals surface area contributed by atoms with Crippen molar-refractivity contribution in [3.8, 4) is 5.75 Å². The van der Waals surface area contributed by atoms with Crippen LogP contribution in [0.2, 0.25) is 0 Å². The van der Waals surface area contributed by atoms with Gasteiger partial charge in [0.2, 0.25) is 0 Å². The van der Waals surface area contributed by atoms with Crippen molar-refractivity contribution in [2.45, 2.75) is 20.3 Å². The van der Waals surface area contributed by atoms with Crippen LogP contribution in [0.3, 0.4) is 0 Å². The summed E-state index contributed by atoms with van der Waals surface area (Å²) < 4.78 is 0. The smallest absolute Gasteiger partial charge is 0.261 e. The Morgan fingerprint density at radius 2 is 2.33 bits per heavy atom. The Hall–Kier alpha value is -1.95. The monoisotopic (exact) mass is 263 g/mol. The Bertz CT molecular complexity index is 580. The number of carbonyl (C=O) groups is 1. The fourth-order valence-corrected chi connectivity index (χ4v) is 2.45. The summed E-state index contributed by atoms with van der Waals surface area (Å²) in [5, 5.41) is 12.7. The Morgan fingerprint density at radius 1 is 1.56 bits per heavy atom. The SMILES string of the molecule is CCc1nc(NC(=O)c2ccncc2O)sc1C. The van der Waals surface area contributed by atoms with E-state index < -0.39 is 0 Å². The molecule has 6 heteroatoms. The highest BCUT2D eigenvalue weighted by molar-refractivity contribution is 7.15. The van der Waals surface area contributed by atoms with Gasteiger partial charge in [-0.25, -0.2) is 4.98 Å². The van der Waals surface area contributed by atoms with E-state index in [1.165, 1.54) is 29.8 Å². The molecule has 0 aromatic carbocycles. The molecule has 0 saturated heterocycles. The van der Waals surface area contributed by atoms with Crippen LogP contribution >= 0.6 is 11.3 Å². The van der Waals surface area contributed by atoms with Gasteiger partial charge in [0, 0.05) is 11.1 Å². The Labute approximate surface area is 109 Å². The zero-order chi connectivity index (χ0) is 13.1. The van der Waals surface area contributed by atoms with Gasteiger partial charge in [-0.2, -0.15) is 0 Å². The number of nitrogens with zero attached hydrogens (tertiary/aromatic N) is 2. The molecule has 5 nitrogen and oxygen atoms in total. The minimum Gasteiger partial charge on any atom is -0.505 e. The van der Waals surface area contributed by atoms with Gasteiger partial charge in [-0.3, -0.25) is 15.1 Å². The number of aromatic hydroxyl groups is 1. The van der Waals surface area contributed by atoms with Crippen molar-refractivity contribution in [1.82, 2.24) is 9.97 Å². The molecule has 2 rings (SSSR count). The first-order valence-electron chi connectivity index (χ1n) is 5.52. The fourth-order valence-electron chi connectivity index (χ4n) is 1.55. The molecule has 0 saturated carbocycles. The lowest BCUT2D eigenvalue weighted by atomic mass is 10.2. The molecule has 94 valence electrons. The summed E-state index contributed by atoms with van der Waals surface area (Å²) in [4.78, 5) is 21.0. The molecule has 2 aromatic rings. The number of hydrogen-bond acceptors (Lipinski definition) is 5. The van der Waals surface area contributed by atoms with Crippen molar-refractivity contribution in [3.63, 3.8) is 0 Å². The predicted octanol–water partition coefficient (Wildman–Crippen LogP) is 2.37. The van der Waals surface area contributed by atoms with E-state index in [1.807, 2.05) is 13.8 Å². The summed E-state index contributed by atoms with van der Waals surface area (Å²) >= 11 is 1.43. The average Bonchev–Trinajstić information content (AvgIpc) is 2.69. The Morgan fingerprint density at radius 3 is 2.94 bits per heavy atom. The first-order valence-corrected chi connectivity index (χ1v) is 6.34. The van der Waals surface area contributed by atoms with Gasteiger partial charge in [-0.1, -0.05) is 6.92 Å². The molecule has 0 radical (unpaired) electrons. The van der Waals surface area contributed by atoms with Crippen molar-refractivity contribution in [2.75, 3.05) is 5.32 Å². The van der Waals surface area contributed by atoms with E-state index >= 15 is 0 Å². The zero-order valence-corrected chi connectivity index (χ0v) is 10.9. The third-order valence-corrected chi connectivity index (χ3v) is 3.42. The Kier molecular flexibility index (Phi) is 3.57. The van der Waals surface area contributed by atoms with E-state index in [2.05, 4.69) is 15.3 Å². The molecule has 0 fully saturated rings. The summed E-state index contributed by atoms with van der Waals surface area (Å²) in [6.45, 7) is 3.98. The van der Waals surface area contributed by atoms with Crippen LogP contribution in [-0.2, 0) is 6.42 Å². The molecule has 0 aliphatic heterocycles. The van der Waals surface area contributed by atoms with Crippen LogP contribution in [0.15, 0.2) is 18.5 Å². The molecule has 0 atom stereocenters. The van der Waals surface area contributed by atoms with Crippen LogP contribution in [0, 0.1) is 6.92 Å². The molecule has 2 N–H and O–H groups in total. The number of nitrogens with one attached hydrogen (secondary N) is 1. The van der Waals surface area contributed by atoms with Crippen LogP contribution in [0.1, 0.15) is 27.9 Å². The Balaban J connectivity index is 2.19. The number of anilines is 1. The fraction of sp³-hybridized carbons (Fsp3) is 0.250. The molecule has 2 heterocycles. The topological polar surface area (TPSA) is 75.1 Å². The van der Waals surface area contributed by atoms with E-state index in [1.54, 1.807) is 0 Å². The molecule has 2 aromatic heterocycles. The van der Waals surface area contributed by atoms with Crippen molar-refractivity contribution in [1.29, 1.82) is 0 Å². The normalized spacial score (nSPS) is 10.3. The van der Waals surface area contributed by atoms with Crippen LogP contribution < -0.4 is 5.32 Å². The highest BCUT2D eigenvalue weighted by atomic mass is 32.1. The van der Waals surface area contributed by atoms with Crippen molar-refractivity contribution < 1.29 is 9.90 Å². The van der Waals surface area contributed by atoms with Gasteiger partial charge in [0.15, 0.2) is 5.13 Å². The minimum atomic E-state index is -0.383. The number of aromatic nitrogens is 2. The number of carbonyl (C=O) groups excluding carboxylic acids is 1. The summed E-state index contributed by atoms with van der Waals surface area (Å²) in [5.41, 5.74) is 1.17. The molecule has 0 aliphatic rings. The van der Waals surface area contributed by atoms with Crippen molar-refractivity contribution >= 4 is 22.4 Å². The summed E-state index contributed by atoms with van der Waals surface area (Å²) in [7, 11) is 0. The number of thiazole rings is 1. The van der Waals surface area contributed by atoms with Gasteiger partial charge in [-0.05, 0) is 19.4 Å². The molecule has 18 heavy (non-hydrogen) atoms. The van der Waals surface area contributed by atoms with Crippen molar-refractivity contribution in [3.05, 3.63) is 34.6 Å². The van der Waals surface area contributed by atoms with Gasteiger partial charge in [0.25, 0.3) is 5.91 Å². The molecule has 0 unspecified atom stereocenters. The second-order valence-electron chi connectivity index (χ2n) is 3.72. The van der Waals surface area contributed by atoms with E-state index in [0.717, 1.165) is 17.0 Å². The lowest BCUT2D eigenvalue weighted by Gasteiger charge is -2.02. The molecular formula is C12H13N3O2S. The van der Waals surface area contributed by atoms with Crippen molar-refractivity contribution in [2.24, 2.45) is 0 Å². The largest absolute Gasteiger partial charge is 0.505 e. The second-order valence-corrected chi connectivity index (χ2v) is 4.93. The molecule has 0 aliphatic carbocycles. The molecular weight excluding hydrogens is 250 g/mol. The van der Waals surface area contributed by atoms with Crippen LogP contribution in [0.25, 0.3) is 0 Å². The van der Waals surface area contributed by atoms with Gasteiger partial charge in [-0.15, -0.1) is 11.3 Å². The molecule has 0 bridgehead atoms. The maximum atomic E-state index is 11.9. The number of amides is 1. The second kappa shape index (κ2) is 5.14. The van der Waals surface area contributed by atoms with Gasteiger partial charge in [0.1, 0.15) is 5.75 Å². The van der Waals surface area contributed by atoms with Crippen LogP contribution in [0.5, 0.6) is 5.75 Å². The summed E-state index contributed by atoms with van der Waals surface area (Å²) in [6, 6.07) is 1.46. The van der Waals surface area contributed by atoms with Crippen LogP contribution in [0.4, 0.5) is 5.13 Å². The number of aryl methyl sites for hydroxylation is 2. The first-order chi connectivity index (χ1) is 8.61. The van der Waals surface area contributed by atoms with Gasteiger partial charge < -0.3 is 5.11 Å². The molecule has 1 amide bonds. The highest BCUT2D eigenvalue weighted by Gasteiger charge is 2.13. The number of pyridine rings is 1. The number of rotatable bonds is 3. The quantitative estimate of drug-likeness (QED) is 0.891. The maximum absolute atomic E-state index is 11.9. The molecule has 0 spiro atoms. The van der Waals surface area contributed by atoms with E-state index in [4.69, 9.17) is 0 Å². The average molecular weight is 263 g/mol.